The summed E-state index contributed by atoms with van der Waals surface area (Å²) in [5.74, 6) is 0. The van der Waals surface area contributed by atoms with Crippen LogP contribution >= 0.6 is 0 Å². The Kier molecular flexibility index (Phi) is 6.92. The Bertz CT molecular complexity index is 149. The van der Waals surface area contributed by atoms with Gasteiger partial charge in [0.2, 0.25) is 0 Å². The van der Waals surface area contributed by atoms with E-state index in [-0.39, 0.29) is 6.61 Å². The van der Waals surface area contributed by atoms with Crippen molar-refractivity contribution in [1.29, 1.82) is 0 Å². The van der Waals surface area contributed by atoms with Crippen LogP contribution in [0.25, 0.3) is 0 Å². The van der Waals surface area contributed by atoms with Gasteiger partial charge in [0.1, 0.15) is 0 Å². The summed E-state index contributed by atoms with van der Waals surface area (Å²) < 4.78 is 10.7. The van der Waals surface area contributed by atoms with Crippen LogP contribution in [0.15, 0.2) is 0 Å². The number of nitrogens with one attached hydrogen (secondary N) is 1. The summed E-state index contributed by atoms with van der Waals surface area (Å²) in [4.78, 5) is 0. The van der Waals surface area contributed by atoms with Crippen molar-refractivity contribution >= 4 is 0 Å². The lowest BCUT2D eigenvalue weighted by atomic mass is 10.1. The zero-order valence-corrected chi connectivity index (χ0v) is 9.58. The first-order valence-electron chi connectivity index (χ1n) is 5.86. The standard InChI is InChI=1S/C11H23NO3/c1-10(9-11-3-2-6-15-11)12-4-7-14-8-5-13/h10-13H,2-9H2,1H3. The minimum absolute atomic E-state index is 0.103. The fourth-order valence-corrected chi connectivity index (χ4v) is 1.85. The average Bonchev–Trinajstić information content (AvgIpc) is 2.70. The van der Waals surface area contributed by atoms with Crippen molar-refractivity contribution in [2.75, 3.05) is 33.0 Å². The molecule has 0 aromatic carbocycles. The van der Waals surface area contributed by atoms with Crippen molar-refractivity contribution in [1.82, 2.24) is 5.32 Å². The number of aliphatic hydroxyl groups excluding tert-OH is 1. The Hall–Kier alpha value is -0.160. The van der Waals surface area contributed by atoms with Gasteiger partial charge in [0.05, 0.1) is 25.9 Å². The molecule has 2 atom stereocenters. The molecule has 1 heterocycles. The molecule has 4 nitrogen and oxygen atoms in total. The van der Waals surface area contributed by atoms with Crippen molar-refractivity contribution in [2.24, 2.45) is 0 Å². The summed E-state index contributed by atoms with van der Waals surface area (Å²) in [5, 5.41) is 11.9. The van der Waals surface area contributed by atoms with Gasteiger partial charge < -0.3 is 19.9 Å². The van der Waals surface area contributed by atoms with Gasteiger partial charge in [0.15, 0.2) is 0 Å². The summed E-state index contributed by atoms with van der Waals surface area (Å²) in [5.41, 5.74) is 0. The van der Waals surface area contributed by atoms with Crippen LogP contribution in [0.3, 0.4) is 0 Å². The molecule has 1 aliphatic heterocycles. The second kappa shape index (κ2) is 8.05. The maximum absolute atomic E-state index is 8.50. The van der Waals surface area contributed by atoms with Gasteiger partial charge in [0, 0.05) is 19.2 Å². The molecule has 0 amide bonds. The zero-order chi connectivity index (χ0) is 10.9. The highest BCUT2D eigenvalue weighted by Crippen LogP contribution is 2.16. The molecule has 0 radical (unpaired) electrons. The van der Waals surface area contributed by atoms with Gasteiger partial charge >= 0.3 is 0 Å². The van der Waals surface area contributed by atoms with Crippen LogP contribution in [-0.4, -0.2) is 50.2 Å². The lowest BCUT2D eigenvalue weighted by Crippen LogP contribution is -2.32. The molecule has 1 rings (SSSR count). The smallest absolute Gasteiger partial charge is 0.0698 e. The van der Waals surface area contributed by atoms with Gasteiger partial charge in [0.25, 0.3) is 0 Å². The van der Waals surface area contributed by atoms with Gasteiger partial charge in [-0.15, -0.1) is 0 Å². The SMILES string of the molecule is CC(CC1CCCO1)NCCOCCO. The minimum Gasteiger partial charge on any atom is -0.394 e. The van der Waals surface area contributed by atoms with E-state index in [4.69, 9.17) is 14.6 Å². The van der Waals surface area contributed by atoms with E-state index in [1.54, 1.807) is 0 Å². The van der Waals surface area contributed by atoms with Crippen LogP contribution in [0.2, 0.25) is 0 Å². The van der Waals surface area contributed by atoms with E-state index in [9.17, 15) is 0 Å². The maximum atomic E-state index is 8.50. The van der Waals surface area contributed by atoms with Gasteiger partial charge in [-0.1, -0.05) is 0 Å². The van der Waals surface area contributed by atoms with Gasteiger partial charge in [-0.2, -0.15) is 0 Å². The third-order valence-corrected chi connectivity index (χ3v) is 2.62. The van der Waals surface area contributed by atoms with Crippen molar-refractivity contribution in [3.8, 4) is 0 Å². The highest BCUT2D eigenvalue weighted by Gasteiger charge is 2.17. The molecule has 0 aromatic rings. The monoisotopic (exact) mass is 217 g/mol. The predicted octanol–water partition coefficient (Wildman–Crippen LogP) is 0.542. The molecular weight excluding hydrogens is 194 g/mol. The molecule has 0 aliphatic carbocycles. The molecule has 1 aliphatic rings. The summed E-state index contributed by atoms with van der Waals surface area (Å²) in [6.45, 7) is 5.14. The summed E-state index contributed by atoms with van der Waals surface area (Å²) in [7, 11) is 0. The van der Waals surface area contributed by atoms with E-state index in [0.717, 1.165) is 19.6 Å². The van der Waals surface area contributed by atoms with Gasteiger partial charge in [-0.3, -0.25) is 0 Å². The predicted molar refractivity (Wildman–Crippen MR) is 59.0 cm³/mol. The second-order valence-electron chi connectivity index (χ2n) is 4.06. The lowest BCUT2D eigenvalue weighted by molar-refractivity contribution is 0.0842. The van der Waals surface area contributed by atoms with Crippen LogP contribution in [0.5, 0.6) is 0 Å². The first kappa shape index (κ1) is 12.9. The number of hydrogen-bond acceptors (Lipinski definition) is 4. The molecular formula is C11H23NO3. The average molecular weight is 217 g/mol. The Morgan fingerprint density at radius 1 is 1.53 bits per heavy atom. The molecule has 0 saturated carbocycles. The van der Waals surface area contributed by atoms with Crippen LogP contribution in [0.4, 0.5) is 0 Å². The molecule has 0 aromatic heterocycles. The summed E-state index contributed by atoms with van der Waals surface area (Å²) in [6, 6.07) is 0.478. The fourth-order valence-electron chi connectivity index (χ4n) is 1.85. The van der Waals surface area contributed by atoms with Crippen molar-refractivity contribution in [2.45, 2.75) is 38.3 Å². The molecule has 4 heteroatoms. The quantitative estimate of drug-likeness (QED) is 0.583. The number of rotatable bonds is 8. The third kappa shape index (κ3) is 6.10. The zero-order valence-electron chi connectivity index (χ0n) is 9.58. The highest BCUT2D eigenvalue weighted by molar-refractivity contribution is 4.71. The lowest BCUT2D eigenvalue weighted by Gasteiger charge is -2.17. The van der Waals surface area contributed by atoms with Crippen molar-refractivity contribution < 1.29 is 14.6 Å². The van der Waals surface area contributed by atoms with E-state index in [1.165, 1.54) is 12.8 Å². The molecule has 0 bridgehead atoms. The fraction of sp³-hybridized carbons (Fsp3) is 1.00. The van der Waals surface area contributed by atoms with Crippen molar-refractivity contribution in [3.05, 3.63) is 0 Å². The Morgan fingerprint density at radius 3 is 3.07 bits per heavy atom. The molecule has 2 N–H and O–H groups in total. The van der Waals surface area contributed by atoms with Crippen LogP contribution in [0.1, 0.15) is 26.2 Å². The molecule has 1 saturated heterocycles. The van der Waals surface area contributed by atoms with Crippen molar-refractivity contribution in [3.63, 3.8) is 0 Å². The van der Waals surface area contributed by atoms with Gasteiger partial charge in [-0.05, 0) is 26.2 Å². The largest absolute Gasteiger partial charge is 0.394 e. The number of ether oxygens (including phenoxy) is 2. The Morgan fingerprint density at radius 2 is 2.40 bits per heavy atom. The topological polar surface area (TPSA) is 50.7 Å². The summed E-state index contributed by atoms with van der Waals surface area (Å²) >= 11 is 0. The molecule has 90 valence electrons. The molecule has 15 heavy (non-hydrogen) atoms. The minimum atomic E-state index is 0.103. The van der Waals surface area contributed by atoms with E-state index >= 15 is 0 Å². The van der Waals surface area contributed by atoms with Crippen LogP contribution in [0, 0.1) is 0 Å². The third-order valence-electron chi connectivity index (χ3n) is 2.62. The maximum Gasteiger partial charge on any atom is 0.0698 e. The highest BCUT2D eigenvalue weighted by atomic mass is 16.5. The van der Waals surface area contributed by atoms with E-state index < -0.39 is 0 Å². The molecule has 2 unspecified atom stereocenters. The van der Waals surface area contributed by atoms with Crippen LogP contribution in [-0.2, 0) is 9.47 Å². The summed E-state index contributed by atoms with van der Waals surface area (Å²) in [6.07, 6.45) is 3.94. The Balaban J connectivity index is 1.91. The van der Waals surface area contributed by atoms with E-state index in [1.807, 2.05) is 0 Å². The number of hydrogen-bond donors (Lipinski definition) is 2. The van der Waals surface area contributed by atoms with E-state index in [2.05, 4.69) is 12.2 Å². The van der Waals surface area contributed by atoms with Crippen LogP contribution < -0.4 is 5.32 Å². The first-order valence-corrected chi connectivity index (χ1v) is 5.86. The Labute approximate surface area is 92.0 Å². The van der Waals surface area contributed by atoms with Gasteiger partial charge in [-0.25, -0.2) is 0 Å². The molecule has 1 fully saturated rings. The second-order valence-corrected chi connectivity index (χ2v) is 4.06. The first-order chi connectivity index (χ1) is 7.33. The molecule has 0 spiro atoms. The number of aliphatic hydroxyl groups is 1. The normalized spacial score (nSPS) is 23.2. The van der Waals surface area contributed by atoms with E-state index in [0.29, 0.717) is 25.4 Å².